The van der Waals surface area contributed by atoms with E-state index in [0.717, 1.165) is 19.3 Å². The Morgan fingerprint density at radius 2 is 1.61 bits per heavy atom. The maximum atomic E-state index is 14.0. The summed E-state index contributed by atoms with van der Waals surface area (Å²) in [6.45, 7) is 17.1. The highest BCUT2D eigenvalue weighted by atomic mass is 16.6. The van der Waals surface area contributed by atoms with Crippen molar-refractivity contribution in [3.8, 4) is 12.3 Å². The van der Waals surface area contributed by atoms with Crippen LogP contribution in [0.1, 0.15) is 98.7 Å². The summed E-state index contributed by atoms with van der Waals surface area (Å²) in [5.74, 6) is 1.73. The van der Waals surface area contributed by atoms with Crippen LogP contribution in [0.15, 0.2) is 24.3 Å². The van der Waals surface area contributed by atoms with Gasteiger partial charge in [-0.2, -0.15) is 0 Å². The average Bonchev–Trinajstić information content (AvgIpc) is 2.74. The highest BCUT2D eigenvalue weighted by Crippen LogP contribution is 2.26. The number of terminal acetylenes is 1. The van der Waals surface area contributed by atoms with Crippen molar-refractivity contribution in [1.29, 1.82) is 0 Å². The van der Waals surface area contributed by atoms with Gasteiger partial charge in [0, 0.05) is 17.6 Å². The molecule has 1 rings (SSSR count). The van der Waals surface area contributed by atoms with Gasteiger partial charge in [-0.15, -0.1) is 6.42 Å². The largest absolute Gasteiger partial charge is 0.444 e. The lowest BCUT2D eigenvalue weighted by Gasteiger charge is -2.37. The molecule has 0 heterocycles. The maximum Gasteiger partial charge on any atom is 0.408 e. The molecule has 0 spiro atoms. The quantitative estimate of drug-likeness (QED) is 0.342. The molecular formula is C29H45N3O4. The van der Waals surface area contributed by atoms with E-state index in [4.69, 9.17) is 11.2 Å². The zero-order valence-corrected chi connectivity index (χ0v) is 23.5. The molecule has 7 nitrogen and oxygen atoms in total. The van der Waals surface area contributed by atoms with Crippen LogP contribution >= 0.6 is 0 Å². The van der Waals surface area contributed by atoms with Gasteiger partial charge >= 0.3 is 6.09 Å². The molecule has 0 aliphatic carbocycles. The fourth-order valence-electron chi connectivity index (χ4n) is 3.70. The van der Waals surface area contributed by atoms with Crippen LogP contribution in [0.25, 0.3) is 0 Å². The molecule has 7 heteroatoms. The second-order valence-electron chi connectivity index (χ2n) is 11.5. The van der Waals surface area contributed by atoms with E-state index in [2.05, 4.69) is 23.5 Å². The van der Waals surface area contributed by atoms with Gasteiger partial charge in [0.2, 0.25) is 11.8 Å². The summed E-state index contributed by atoms with van der Waals surface area (Å²) in [5, 5.41) is 5.77. The van der Waals surface area contributed by atoms with Crippen molar-refractivity contribution in [2.75, 3.05) is 6.54 Å². The molecule has 36 heavy (non-hydrogen) atoms. The zero-order chi connectivity index (χ0) is 27.7. The summed E-state index contributed by atoms with van der Waals surface area (Å²) in [4.78, 5) is 41.8. The van der Waals surface area contributed by atoms with Gasteiger partial charge in [0.05, 0.1) is 0 Å². The van der Waals surface area contributed by atoms with Crippen LogP contribution in [0.5, 0.6) is 0 Å². The first-order valence-electron chi connectivity index (χ1n) is 12.8. The Bertz CT molecular complexity index is 918. The highest BCUT2D eigenvalue weighted by Gasteiger charge is 2.38. The van der Waals surface area contributed by atoms with Crippen LogP contribution in [0.3, 0.4) is 0 Å². The zero-order valence-electron chi connectivity index (χ0n) is 23.5. The lowest BCUT2D eigenvalue weighted by molar-refractivity contribution is -0.144. The molecule has 2 N–H and O–H groups in total. The van der Waals surface area contributed by atoms with Crippen molar-refractivity contribution in [3.63, 3.8) is 0 Å². The molecule has 0 fully saturated rings. The number of carbonyl (C=O) groups is 3. The number of rotatable bonds is 10. The summed E-state index contributed by atoms with van der Waals surface area (Å²) < 4.78 is 5.41. The minimum atomic E-state index is -0.887. The third-order valence-corrected chi connectivity index (χ3v) is 5.34. The first kappa shape index (κ1) is 31.0. The fourth-order valence-corrected chi connectivity index (χ4v) is 3.70. The number of ether oxygens (including phenoxy) is 1. The summed E-state index contributed by atoms with van der Waals surface area (Å²) in [5.41, 5.74) is 0.131. The lowest BCUT2D eigenvalue weighted by Crippen LogP contribution is -2.56. The van der Waals surface area contributed by atoms with E-state index < -0.39 is 29.3 Å². The molecule has 3 amide bonds. The summed E-state index contributed by atoms with van der Waals surface area (Å²) in [6, 6.07) is 5.35. The van der Waals surface area contributed by atoms with Gasteiger partial charge in [0.1, 0.15) is 17.7 Å². The van der Waals surface area contributed by atoms with Crippen LogP contribution in [0.2, 0.25) is 0 Å². The van der Waals surface area contributed by atoms with E-state index in [0.29, 0.717) is 17.7 Å². The minimum absolute atomic E-state index is 0.228. The van der Waals surface area contributed by atoms with Gasteiger partial charge in [-0.3, -0.25) is 9.59 Å². The van der Waals surface area contributed by atoms with Gasteiger partial charge in [-0.1, -0.05) is 51.7 Å². The van der Waals surface area contributed by atoms with Gasteiger partial charge in [0.15, 0.2) is 0 Å². The standard InChI is InChI=1S/C29H45N3O4/c1-11-13-14-19-32(26(34)23(20(3)4)30-27(35)36-29(8,9)10)24(25(33)31-28(5,6)7)22-17-15-21(12-2)16-18-22/h2,15-18,20,23-24H,11,13-14,19H2,1,3-10H3,(H,30,35)(H,31,33). The monoisotopic (exact) mass is 499 g/mol. The Hall–Kier alpha value is -3.01. The number of benzene rings is 1. The molecule has 0 saturated carbocycles. The first-order valence-corrected chi connectivity index (χ1v) is 12.8. The molecular weight excluding hydrogens is 454 g/mol. The molecule has 2 atom stereocenters. The van der Waals surface area contributed by atoms with Crippen molar-refractivity contribution in [2.45, 2.75) is 105 Å². The third kappa shape index (κ3) is 10.3. The maximum absolute atomic E-state index is 14.0. The number of carbonyl (C=O) groups excluding carboxylic acids is 3. The van der Waals surface area contributed by atoms with Gasteiger partial charge in [-0.05, 0) is 71.6 Å². The Labute approximate surface area is 217 Å². The van der Waals surface area contributed by atoms with Crippen molar-refractivity contribution in [3.05, 3.63) is 35.4 Å². The molecule has 0 bridgehead atoms. The average molecular weight is 500 g/mol. The molecule has 200 valence electrons. The molecule has 0 aliphatic heterocycles. The molecule has 0 aliphatic rings. The number of alkyl carbamates (subject to hydrolysis) is 1. The van der Waals surface area contributed by atoms with Gasteiger partial charge in [-0.25, -0.2) is 4.79 Å². The van der Waals surface area contributed by atoms with Crippen molar-refractivity contribution < 1.29 is 19.1 Å². The molecule has 0 saturated heterocycles. The topological polar surface area (TPSA) is 87.7 Å². The highest BCUT2D eigenvalue weighted by molar-refractivity contribution is 5.92. The number of nitrogens with one attached hydrogen (secondary N) is 2. The van der Waals surface area contributed by atoms with Crippen molar-refractivity contribution in [2.24, 2.45) is 5.92 Å². The number of nitrogens with zero attached hydrogens (tertiary/aromatic N) is 1. The van der Waals surface area contributed by atoms with Crippen LogP contribution in [0.4, 0.5) is 4.79 Å². The van der Waals surface area contributed by atoms with Crippen LogP contribution in [-0.4, -0.2) is 46.5 Å². The van der Waals surface area contributed by atoms with E-state index >= 15 is 0 Å². The lowest BCUT2D eigenvalue weighted by atomic mass is 9.97. The molecule has 0 radical (unpaired) electrons. The first-order chi connectivity index (χ1) is 16.6. The van der Waals surface area contributed by atoms with Crippen LogP contribution in [0, 0.1) is 18.3 Å². The fraction of sp³-hybridized carbons (Fsp3) is 0.621. The molecule has 2 unspecified atom stereocenters. The van der Waals surface area contributed by atoms with E-state index in [1.807, 2.05) is 34.6 Å². The Morgan fingerprint density at radius 1 is 1.03 bits per heavy atom. The van der Waals surface area contributed by atoms with Crippen LogP contribution in [-0.2, 0) is 14.3 Å². The Balaban J connectivity index is 3.52. The smallest absolute Gasteiger partial charge is 0.408 e. The predicted octanol–water partition coefficient (Wildman–Crippen LogP) is 5.19. The summed E-state index contributed by atoms with van der Waals surface area (Å²) in [6.07, 6.45) is 7.44. The van der Waals surface area contributed by atoms with Crippen LogP contribution < -0.4 is 10.6 Å². The van der Waals surface area contributed by atoms with E-state index in [9.17, 15) is 14.4 Å². The van der Waals surface area contributed by atoms with Crippen molar-refractivity contribution >= 4 is 17.9 Å². The van der Waals surface area contributed by atoms with E-state index in [1.165, 1.54) is 0 Å². The number of amides is 3. The van der Waals surface area contributed by atoms with E-state index in [1.54, 1.807) is 49.9 Å². The summed E-state index contributed by atoms with van der Waals surface area (Å²) in [7, 11) is 0. The van der Waals surface area contributed by atoms with Gasteiger partial charge < -0.3 is 20.3 Å². The van der Waals surface area contributed by atoms with E-state index in [-0.39, 0.29) is 17.7 Å². The Kier molecular flexibility index (Phi) is 11.5. The van der Waals surface area contributed by atoms with Gasteiger partial charge in [0.25, 0.3) is 0 Å². The number of unbranched alkanes of at least 4 members (excludes halogenated alkanes) is 2. The number of hydrogen-bond donors (Lipinski definition) is 2. The normalized spacial score (nSPS) is 13.4. The molecule has 0 aromatic heterocycles. The molecule has 1 aromatic carbocycles. The second-order valence-corrected chi connectivity index (χ2v) is 11.5. The third-order valence-electron chi connectivity index (χ3n) is 5.34. The SMILES string of the molecule is C#Cc1ccc(C(C(=O)NC(C)(C)C)N(CCCCC)C(=O)C(NC(=O)OC(C)(C)C)C(C)C)cc1. The minimum Gasteiger partial charge on any atom is -0.444 e. The second kappa shape index (κ2) is 13.3. The number of hydrogen-bond acceptors (Lipinski definition) is 4. The molecule has 1 aromatic rings. The summed E-state index contributed by atoms with van der Waals surface area (Å²) >= 11 is 0. The predicted molar refractivity (Wildman–Crippen MR) is 144 cm³/mol. The Morgan fingerprint density at radius 3 is 2.06 bits per heavy atom. The van der Waals surface area contributed by atoms with Crippen molar-refractivity contribution in [1.82, 2.24) is 15.5 Å².